The van der Waals surface area contributed by atoms with Gasteiger partial charge in [-0.25, -0.2) is 0 Å². The van der Waals surface area contributed by atoms with Crippen LogP contribution < -0.4 is 20.1 Å². The van der Waals surface area contributed by atoms with Gasteiger partial charge in [-0.15, -0.1) is 0 Å². The van der Waals surface area contributed by atoms with E-state index < -0.39 is 0 Å². The molecule has 0 spiro atoms. The molecule has 0 atom stereocenters. The summed E-state index contributed by atoms with van der Waals surface area (Å²) in [5.41, 5.74) is 2.65. The smallest absolute Gasteiger partial charge is 0.257 e. The van der Waals surface area contributed by atoms with E-state index in [1.54, 1.807) is 12.3 Å². The third-order valence-corrected chi connectivity index (χ3v) is 3.95. The maximum atomic E-state index is 12.6. The molecule has 3 rings (SSSR count). The SMILES string of the molecule is CCOc1ccccc1Nc1cncc(C(=O)Nc2ccc(OC(C)C)cc2)c1. The molecule has 0 bridgehead atoms. The zero-order chi connectivity index (χ0) is 20.6. The number of rotatable bonds is 8. The van der Waals surface area contributed by atoms with Crippen LogP contribution >= 0.6 is 0 Å². The molecule has 2 N–H and O–H groups in total. The number of anilines is 3. The molecule has 3 aromatic rings. The van der Waals surface area contributed by atoms with Crippen molar-refractivity contribution in [3.05, 3.63) is 72.6 Å². The Morgan fingerprint density at radius 2 is 1.79 bits per heavy atom. The van der Waals surface area contributed by atoms with E-state index in [0.717, 1.165) is 17.2 Å². The van der Waals surface area contributed by atoms with Crippen molar-refractivity contribution in [2.45, 2.75) is 26.9 Å². The van der Waals surface area contributed by atoms with Crippen LogP contribution in [0, 0.1) is 0 Å². The molecule has 0 unspecified atom stereocenters. The number of carbonyl (C=O) groups excluding carboxylic acids is 1. The minimum Gasteiger partial charge on any atom is -0.492 e. The number of hydrogen-bond acceptors (Lipinski definition) is 5. The van der Waals surface area contributed by atoms with Gasteiger partial charge in [0.05, 0.1) is 35.8 Å². The molecule has 0 aliphatic carbocycles. The highest BCUT2D eigenvalue weighted by atomic mass is 16.5. The molecule has 150 valence electrons. The predicted molar refractivity (Wildman–Crippen MR) is 115 cm³/mol. The summed E-state index contributed by atoms with van der Waals surface area (Å²) in [6.45, 7) is 6.44. The molecular weight excluding hydrogens is 366 g/mol. The number of carbonyl (C=O) groups is 1. The Kier molecular flexibility index (Phi) is 6.68. The standard InChI is InChI=1S/C23H25N3O3/c1-4-28-22-8-6-5-7-21(22)25-19-13-17(14-24-15-19)23(27)26-18-9-11-20(12-10-18)29-16(2)3/h5-16,25H,4H2,1-3H3,(H,26,27). The number of para-hydroxylation sites is 2. The molecular formula is C23H25N3O3. The fraction of sp³-hybridized carbons (Fsp3) is 0.217. The van der Waals surface area contributed by atoms with Crippen LogP contribution in [0.4, 0.5) is 17.1 Å². The zero-order valence-corrected chi connectivity index (χ0v) is 16.8. The van der Waals surface area contributed by atoms with Gasteiger partial charge < -0.3 is 20.1 Å². The lowest BCUT2D eigenvalue weighted by atomic mass is 10.2. The third kappa shape index (κ3) is 5.72. The van der Waals surface area contributed by atoms with Crippen molar-refractivity contribution in [3.63, 3.8) is 0 Å². The highest BCUT2D eigenvalue weighted by molar-refractivity contribution is 6.04. The van der Waals surface area contributed by atoms with E-state index >= 15 is 0 Å². The summed E-state index contributed by atoms with van der Waals surface area (Å²) in [5, 5.41) is 6.13. The van der Waals surface area contributed by atoms with Crippen molar-refractivity contribution in [1.29, 1.82) is 0 Å². The van der Waals surface area contributed by atoms with Crippen molar-refractivity contribution < 1.29 is 14.3 Å². The van der Waals surface area contributed by atoms with Crippen LogP contribution in [0.5, 0.6) is 11.5 Å². The van der Waals surface area contributed by atoms with Gasteiger partial charge in [-0.05, 0) is 63.2 Å². The quantitative estimate of drug-likeness (QED) is 0.548. The molecule has 0 aliphatic rings. The summed E-state index contributed by atoms with van der Waals surface area (Å²) in [5.74, 6) is 1.27. The summed E-state index contributed by atoms with van der Waals surface area (Å²) < 4.78 is 11.2. The predicted octanol–water partition coefficient (Wildman–Crippen LogP) is 5.26. The van der Waals surface area contributed by atoms with Gasteiger partial charge in [0.1, 0.15) is 11.5 Å². The number of amides is 1. The number of ether oxygens (including phenoxy) is 2. The Morgan fingerprint density at radius 3 is 2.52 bits per heavy atom. The minimum absolute atomic E-state index is 0.101. The lowest BCUT2D eigenvalue weighted by molar-refractivity contribution is 0.102. The van der Waals surface area contributed by atoms with Crippen molar-refractivity contribution in [2.24, 2.45) is 0 Å². The second-order valence-corrected chi connectivity index (χ2v) is 6.66. The van der Waals surface area contributed by atoms with Crippen LogP contribution in [0.2, 0.25) is 0 Å². The van der Waals surface area contributed by atoms with Crippen LogP contribution in [0.3, 0.4) is 0 Å². The van der Waals surface area contributed by atoms with Crippen molar-refractivity contribution in [2.75, 3.05) is 17.2 Å². The molecule has 6 nitrogen and oxygen atoms in total. The molecule has 29 heavy (non-hydrogen) atoms. The number of pyridine rings is 1. The Hall–Kier alpha value is -3.54. The first-order valence-electron chi connectivity index (χ1n) is 9.57. The summed E-state index contributed by atoms with van der Waals surface area (Å²) in [6, 6.07) is 16.7. The van der Waals surface area contributed by atoms with E-state index in [4.69, 9.17) is 9.47 Å². The molecule has 0 aliphatic heterocycles. The largest absolute Gasteiger partial charge is 0.492 e. The molecule has 0 radical (unpaired) electrons. The van der Waals surface area contributed by atoms with Crippen molar-refractivity contribution in [3.8, 4) is 11.5 Å². The zero-order valence-electron chi connectivity index (χ0n) is 16.8. The number of aromatic nitrogens is 1. The molecule has 1 amide bonds. The maximum absolute atomic E-state index is 12.6. The van der Waals surface area contributed by atoms with Crippen molar-refractivity contribution in [1.82, 2.24) is 4.98 Å². The van der Waals surface area contributed by atoms with E-state index in [1.165, 1.54) is 6.20 Å². The first kappa shape index (κ1) is 20.2. The molecule has 0 fully saturated rings. The molecule has 1 aromatic heterocycles. The van der Waals surface area contributed by atoms with Gasteiger partial charge in [0.2, 0.25) is 0 Å². The molecule has 0 saturated heterocycles. The van der Waals surface area contributed by atoms with Crippen molar-refractivity contribution >= 4 is 23.0 Å². The molecule has 6 heteroatoms. The van der Waals surface area contributed by atoms with Crippen LogP contribution in [0.1, 0.15) is 31.1 Å². The molecule has 0 saturated carbocycles. The van der Waals surface area contributed by atoms with Gasteiger partial charge in [0, 0.05) is 11.9 Å². The average Bonchev–Trinajstić information content (AvgIpc) is 2.71. The second-order valence-electron chi connectivity index (χ2n) is 6.66. The number of benzene rings is 2. The van der Waals surface area contributed by atoms with Crippen LogP contribution in [0.25, 0.3) is 0 Å². The number of nitrogens with one attached hydrogen (secondary N) is 2. The van der Waals surface area contributed by atoms with Gasteiger partial charge in [-0.1, -0.05) is 12.1 Å². The van der Waals surface area contributed by atoms with Gasteiger partial charge in [-0.3, -0.25) is 9.78 Å². The number of hydrogen-bond donors (Lipinski definition) is 2. The lowest BCUT2D eigenvalue weighted by Crippen LogP contribution is -2.12. The monoisotopic (exact) mass is 391 g/mol. The van der Waals surface area contributed by atoms with E-state index in [9.17, 15) is 4.79 Å². The molecule has 2 aromatic carbocycles. The highest BCUT2D eigenvalue weighted by Gasteiger charge is 2.10. The molecule has 1 heterocycles. The first-order valence-corrected chi connectivity index (χ1v) is 9.57. The fourth-order valence-electron chi connectivity index (χ4n) is 2.73. The number of nitrogens with zero attached hydrogens (tertiary/aromatic N) is 1. The highest BCUT2D eigenvalue weighted by Crippen LogP contribution is 2.27. The lowest BCUT2D eigenvalue weighted by Gasteiger charge is -2.13. The second kappa shape index (κ2) is 9.59. The Labute approximate surface area is 170 Å². The fourth-order valence-corrected chi connectivity index (χ4v) is 2.73. The van der Waals surface area contributed by atoms with E-state index in [-0.39, 0.29) is 12.0 Å². The van der Waals surface area contributed by atoms with Crippen LogP contribution in [0.15, 0.2) is 67.0 Å². The van der Waals surface area contributed by atoms with E-state index in [0.29, 0.717) is 23.5 Å². The van der Waals surface area contributed by atoms with Gasteiger partial charge >= 0.3 is 0 Å². The normalized spacial score (nSPS) is 10.5. The van der Waals surface area contributed by atoms with Gasteiger partial charge in [-0.2, -0.15) is 0 Å². The van der Waals surface area contributed by atoms with Gasteiger partial charge in [0.25, 0.3) is 5.91 Å². The minimum atomic E-state index is -0.239. The maximum Gasteiger partial charge on any atom is 0.257 e. The Balaban J connectivity index is 1.70. The summed E-state index contributed by atoms with van der Waals surface area (Å²) in [6.07, 6.45) is 3.30. The summed E-state index contributed by atoms with van der Waals surface area (Å²) in [7, 11) is 0. The van der Waals surface area contributed by atoms with Gasteiger partial charge in [0.15, 0.2) is 0 Å². The Morgan fingerprint density at radius 1 is 1.03 bits per heavy atom. The van der Waals surface area contributed by atoms with E-state index in [1.807, 2.05) is 69.3 Å². The van der Waals surface area contributed by atoms with Crippen LogP contribution in [-0.4, -0.2) is 23.6 Å². The third-order valence-electron chi connectivity index (χ3n) is 3.95. The Bertz CT molecular complexity index is 956. The van der Waals surface area contributed by atoms with E-state index in [2.05, 4.69) is 15.6 Å². The average molecular weight is 391 g/mol. The summed E-state index contributed by atoms with van der Waals surface area (Å²) >= 11 is 0. The van der Waals surface area contributed by atoms with Crippen LogP contribution in [-0.2, 0) is 0 Å². The summed E-state index contributed by atoms with van der Waals surface area (Å²) in [4.78, 5) is 16.8. The first-order chi connectivity index (χ1) is 14.0. The topological polar surface area (TPSA) is 72.5 Å².